The maximum absolute atomic E-state index is 12.7. The van der Waals surface area contributed by atoms with Crippen LogP contribution in [0, 0.1) is 5.41 Å². The highest BCUT2D eigenvalue weighted by atomic mass is 35.5. The molecule has 5 N–H and O–H groups in total. The summed E-state index contributed by atoms with van der Waals surface area (Å²) in [6.07, 6.45) is 5.50. The number of hydrogen-bond donors (Lipinski definition) is 5. The zero-order valence-electron chi connectivity index (χ0n) is 17.5. The summed E-state index contributed by atoms with van der Waals surface area (Å²) in [4.78, 5) is 40.7. The minimum Gasteiger partial charge on any atom is -0.376 e. The Hall–Kier alpha value is -3.37. The van der Waals surface area contributed by atoms with E-state index in [4.69, 9.17) is 28.6 Å². The monoisotopic (exact) mass is 488 g/mol. The van der Waals surface area contributed by atoms with E-state index in [-0.39, 0.29) is 34.8 Å². The molecule has 1 saturated heterocycles. The van der Waals surface area contributed by atoms with Crippen LogP contribution >= 0.6 is 23.2 Å². The second kappa shape index (κ2) is 10.1. The van der Waals surface area contributed by atoms with Crippen LogP contribution in [-0.4, -0.2) is 56.1 Å². The summed E-state index contributed by atoms with van der Waals surface area (Å²) in [7, 11) is 0. The normalized spacial score (nSPS) is 14.2. The van der Waals surface area contributed by atoms with Crippen molar-refractivity contribution in [2.24, 2.45) is 0 Å². The average molecular weight is 489 g/mol. The van der Waals surface area contributed by atoms with Crippen LogP contribution in [0.5, 0.6) is 0 Å². The first-order chi connectivity index (χ1) is 15.9. The summed E-state index contributed by atoms with van der Waals surface area (Å²) in [5.74, 6) is 0.418. The number of benzene rings is 1. The Morgan fingerprint density at radius 3 is 2.73 bits per heavy atom. The molecule has 1 aromatic carbocycles. The van der Waals surface area contributed by atoms with Crippen molar-refractivity contribution >= 4 is 47.0 Å². The minimum absolute atomic E-state index is 0.0257. The number of carbonyl (C=O) groups is 1. The lowest BCUT2D eigenvalue weighted by atomic mass is 10.0. The van der Waals surface area contributed by atoms with Gasteiger partial charge in [-0.15, -0.1) is 0 Å². The van der Waals surface area contributed by atoms with Crippen molar-refractivity contribution in [2.45, 2.75) is 25.4 Å². The molecule has 3 heterocycles. The molecule has 3 aromatic rings. The number of H-pyrrole nitrogens is 2. The third-order valence-electron chi connectivity index (χ3n) is 5.36. The summed E-state index contributed by atoms with van der Waals surface area (Å²) in [6, 6.07) is 5.21. The van der Waals surface area contributed by atoms with Gasteiger partial charge in [0.05, 0.1) is 10.0 Å². The average Bonchev–Trinajstić information content (AvgIpc) is 3.36. The van der Waals surface area contributed by atoms with Gasteiger partial charge in [-0.1, -0.05) is 29.3 Å². The zero-order valence-corrected chi connectivity index (χ0v) is 19.0. The summed E-state index contributed by atoms with van der Waals surface area (Å²) < 4.78 is 0. The number of rotatable bonds is 7. The fraction of sp³-hybridized carbons (Fsp3) is 0.286. The number of aromatic amines is 2. The molecular weight excluding hydrogens is 467 g/mol. The zero-order chi connectivity index (χ0) is 23.4. The van der Waals surface area contributed by atoms with Crippen LogP contribution in [0.2, 0.25) is 10.0 Å². The molecule has 1 aliphatic rings. The van der Waals surface area contributed by atoms with Crippen molar-refractivity contribution < 1.29 is 4.79 Å². The van der Waals surface area contributed by atoms with Crippen LogP contribution in [0.25, 0.3) is 0 Å². The highest BCUT2D eigenvalue weighted by Crippen LogP contribution is 2.23. The molecule has 1 amide bonds. The van der Waals surface area contributed by atoms with Crippen LogP contribution in [-0.2, 0) is 6.54 Å². The third kappa shape index (κ3) is 5.35. The Labute approximate surface area is 199 Å². The molecule has 1 fully saturated rings. The molecular formula is C21H22Cl2N8O2. The molecule has 12 heteroatoms. The number of halogens is 2. The van der Waals surface area contributed by atoms with E-state index in [1.807, 2.05) is 6.07 Å². The van der Waals surface area contributed by atoms with E-state index in [2.05, 4.69) is 30.6 Å². The predicted octanol–water partition coefficient (Wildman–Crippen LogP) is 3.13. The van der Waals surface area contributed by atoms with E-state index >= 15 is 0 Å². The van der Waals surface area contributed by atoms with Gasteiger partial charge in [-0.05, 0) is 30.5 Å². The lowest BCUT2D eigenvalue weighted by Crippen LogP contribution is -2.43. The largest absolute Gasteiger partial charge is 0.376 e. The molecule has 2 aromatic heterocycles. The molecule has 0 aliphatic carbocycles. The third-order valence-corrected chi connectivity index (χ3v) is 6.10. The van der Waals surface area contributed by atoms with Crippen LogP contribution in [0.3, 0.4) is 0 Å². The number of amides is 1. The molecule has 10 nitrogen and oxygen atoms in total. The van der Waals surface area contributed by atoms with Gasteiger partial charge in [0.2, 0.25) is 5.95 Å². The number of likely N-dealkylation sites (tertiary alicyclic amines) is 1. The van der Waals surface area contributed by atoms with E-state index in [0.717, 1.165) is 11.8 Å². The van der Waals surface area contributed by atoms with E-state index < -0.39 is 0 Å². The molecule has 0 atom stereocenters. The maximum Gasteiger partial charge on any atom is 0.289 e. The molecule has 33 heavy (non-hydrogen) atoms. The van der Waals surface area contributed by atoms with Crippen LogP contribution in [0.4, 0.5) is 11.6 Å². The van der Waals surface area contributed by atoms with Crippen LogP contribution in [0.1, 0.15) is 34.7 Å². The van der Waals surface area contributed by atoms with Gasteiger partial charge in [0.1, 0.15) is 11.4 Å². The molecule has 0 bridgehead atoms. The topological polar surface area (TPSA) is 143 Å². The first-order valence-electron chi connectivity index (χ1n) is 10.3. The number of piperidine rings is 1. The SMILES string of the molecule is N=Cc1nc(NCc2ccc(Cl)c(Cl)c2)[nH]c(=O)c1NC1CCN(C(=O)c2ncc[nH]2)CC1. The van der Waals surface area contributed by atoms with E-state index in [9.17, 15) is 9.59 Å². The van der Waals surface area contributed by atoms with E-state index in [1.54, 1.807) is 29.4 Å². The van der Waals surface area contributed by atoms with Gasteiger partial charge in [-0.2, -0.15) is 0 Å². The van der Waals surface area contributed by atoms with Gasteiger partial charge in [-0.25, -0.2) is 9.97 Å². The Morgan fingerprint density at radius 2 is 2.06 bits per heavy atom. The summed E-state index contributed by atoms with van der Waals surface area (Å²) in [5.41, 5.74) is 0.945. The molecule has 0 radical (unpaired) electrons. The second-order valence-corrected chi connectivity index (χ2v) is 8.38. The Bertz CT molecular complexity index is 1200. The standard InChI is InChI=1S/C21H22Cl2N8O2/c22-14-2-1-12(9-15(14)23)11-27-21-29-16(10-24)17(19(32)30-21)28-13-3-7-31(8-4-13)20(33)18-25-5-6-26-18/h1-2,5-6,9-10,13,24,28H,3-4,7-8,11H2,(H,25,26)(H2,27,29,30,32). The number of hydrogen-bond acceptors (Lipinski definition) is 7. The Morgan fingerprint density at radius 1 is 1.27 bits per heavy atom. The van der Waals surface area contributed by atoms with Gasteiger partial charge < -0.3 is 25.9 Å². The maximum atomic E-state index is 12.7. The first kappa shape index (κ1) is 22.8. The van der Waals surface area contributed by atoms with E-state index in [1.165, 1.54) is 0 Å². The molecule has 4 rings (SSSR count). The van der Waals surface area contributed by atoms with Crippen molar-refractivity contribution in [1.82, 2.24) is 24.8 Å². The summed E-state index contributed by atoms with van der Waals surface area (Å²) >= 11 is 12.0. The van der Waals surface area contributed by atoms with Gasteiger partial charge in [0.25, 0.3) is 11.5 Å². The second-order valence-electron chi connectivity index (χ2n) is 7.57. The molecule has 0 spiro atoms. The van der Waals surface area contributed by atoms with Gasteiger partial charge >= 0.3 is 0 Å². The van der Waals surface area contributed by atoms with Crippen LogP contribution in [0.15, 0.2) is 35.4 Å². The molecule has 0 unspecified atom stereocenters. The Balaban J connectivity index is 1.39. The van der Waals surface area contributed by atoms with Gasteiger partial charge in [0, 0.05) is 44.3 Å². The number of nitrogens with one attached hydrogen (secondary N) is 5. The van der Waals surface area contributed by atoms with Gasteiger partial charge in [0.15, 0.2) is 5.82 Å². The smallest absolute Gasteiger partial charge is 0.289 e. The van der Waals surface area contributed by atoms with Crippen LogP contribution < -0.4 is 16.2 Å². The highest BCUT2D eigenvalue weighted by molar-refractivity contribution is 6.42. The Kier molecular flexibility index (Phi) is 6.95. The molecule has 172 valence electrons. The number of aromatic nitrogens is 4. The highest BCUT2D eigenvalue weighted by Gasteiger charge is 2.26. The quantitative estimate of drug-likeness (QED) is 0.323. The van der Waals surface area contributed by atoms with Gasteiger partial charge in [-0.3, -0.25) is 14.6 Å². The number of anilines is 2. The van der Waals surface area contributed by atoms with Crippen molar-refractivity contribution in [3.63, 3.8) is 0 Å². The number of nitrogens with zero attached hydrogens (tertiary/aromatic N) is 3. The van der Waals surface area contributed by atoms with E-state index in [0.29, 0.717) is 48.3 Å². The summed E-state index contributed by atoms with van der Waals surface area (Å²) in [5, 5.41) is 14.8. The molecule has 1 aliphatic heterocycles. The lowest BCUT2D eigenvalue weighted by molar-refractivity contribution is 0.0707. The van der Waals surface area contributed by atoms with Crippen molar-refractivity contribution in [2.75, 3.05) is 23.7 Å². The van der Waals surface area contributed by atoms with Crippen molar-refractivity contribution in [3.05, 3.63) is 68.1 Å². The molecule has 0 saturated carbocycles. The fourth-order valence-corrected chi connectivity index (χ4v) is 3.94. The van der Waals surface area contributed by atoms with Crippen molar-refractivity contribution in [1.29, 1.82) is 5.41 Å². The number of imidazole rings is 1. The fourth-order valence-electron chi connectivity index (χ4n) is 3.62. The van der Waals surface area contributed by atoms with Crippen molar-refractivity contribution in [3.8, 4) is 0 Å². The first-order valence-corrected chi connectivity index (χ1v) is 11.1. The minimum atomic E-state index is -0.380. The lowest BCUT2D eigenvalue weighted by Gasteiger charge is -2.32. The number of carbonyl (C=O) groups excluding carboxylic acids is 1. The summed E-state index contributed by atoms with van der Waals surface area (Å²) in [6.45, 7) is 1.43. The predicted molar refractivity (Wildman–Crippen MR) is 128 cm³/mol.